The third-order valence-electron chi connectivity index (χ3n) is 3.81. The first kappa shape index (κ1) is 15.2. The minimum Gasteiger partial charge on any atom is -0.495 e. The fraction of sp³-hybridized carbons (Fsp3) is 0.467. The number of aryl methyl sites for hydroxylation is 1. The first-order chi connectivity index (χ1) is 9.86. The first-order valence-electron chi connectivity index (χ1n) is 6.84. The van der Waals surface area contributed by atoms with Gasteiger partial charge in [0.15, 0.2) is 0 Å². The topological polar surface area (TPSA) is 87.7 Å². The number of amides is 2. The standard InChI is InChI=1S/C15H20N2O4/c1-9-4-7-12(21-3)11(8-9)16-14(20)17-15(2,13(18)19)10-5-6-10/h4,7-8,10H,5-6H2,1-3H3,(H,18,19)(H2,16,17,20). The molecule has 6 nitrogen and oxygen atoms in total. The molecule has 2 amide bonds. The molecule has 0 saturated heterocycles. The summed E-state index contributed by atoms with van der Waals surface area (Å²) in [4.78, 5) is 23.5. The van der Waals surface area contributed by atoms with Crippen LogP contribution in [0.25, 0.3) is 0 Å². The van der Waals surface area contributed by atoms with Crippen LogP contribution in [0.15, 0.2) is 18.2 Å². The van der Waals surface area contributed by atoms with Crippen molar-refractivity contribution in [1.82, 2.24) is 5.32 Å². The van der Waals surface area contributed by atoms with E-state index in [1.165, 1.54) is 7.11 Å². The summed E-state index contributed by atoms with van der Waals surface area (Å²) < 4.78 is 5.18. The Kier molecular flexibility index (Phi) is 4.06. The lowest BCUT2D eigenvalue weighted by atomic mass is 9.96. The summed E-state index contributed by atoms with van der Waals surface area (Å²) in [5.41, 5.74) is 0.244. The zero-order valence-corrected chi connectivity index (χ0v) is 12.4. The fourth-order valence-electron chi connectivity index (χ4n) is 2.30. The average molecular weight is 292 g/mol. The Morgan fingerprint density at radius 2 is 2.05 bits per heavy atom. The maximum atomic E-state index is 12.1. The van der Waals surface area contributed by atoms with Gasteiger partial charge in [-0.15, -0.1) is 0 Å². The summed E-state index contributed by atoms with van der Waals surface area (Å²) in [7, 11) is 1.51. The molecule has 1 saturated carbocycles. The lowest BCUT2D eigenvalue weighted by molar-refractivity contribution is -0.144. The van der Waals surface area contributed by atoms with Gasteiger partial charge in [-0.25, -0.2) is 9.59 Å². The van der Waals surface area contributed by atoms with Gasteiger partial charge in [0.2, 0.25) is 0 Å². The molecule has 1 aliphatic rings. The summed E-state index contributed by atoms with van der Waals surface area (Å²) in [5, 5.41) is 14.6. The van der Waals surface area contributed by atoms with Gasteiger partial charge in [-0.2, -0.15) is 0 Å². The van der Waals surface area contributed by atoms with E-state index in [1.807, 2.05) is 13.0 Å². The van der Waals surface area contributed by atoms with Crippen LogP contribution < -0.4 is 15.4 Å². The van der Waals surface area contributed by atoms with Crippen molar-refractivity contribution in [2.24, 2.45) is 5.92 Å². The van der Waals surface area contributed by atoms with Crippen LogP contribution in [0.4, 0.5) is 10.5 Å². The second kappa shape index (κ2) is 5.63. The predicted molar refractivity (Wildman–Crippen MR) is 78.7 cm³/mol. The third-order valence-corrected chi connectivity index (χ3v) is 3.81. The number of hydrogen-bond donors (Lipinski definition) is 3. The minimum atomic E-state index is -1.23. The van der Waals surface area contributed by atoms with E-state index < -0.39 is 17.5 Å². The molecule has 0 radical (unpaired) electrons. The number of carboxylic acid groups (broad SMARTS) is 1. The number of rotatable bonds is 5. The van der Waals surface area contributed by atoms with Crippen molar-refractivity contribution in [2.75, 3.05) is 12.4 Å². The highest BCUT2D eigenvalue weighted by Crippen LogP contribution is 2.39. The Bertz CT molecular complexity index is 569. The smallest absolute Gasteiger partial charge is 0.329 e. The van der Waals surface area contributed by atoms with Gasteiger partial charge >= 0.3 is 12.0 Å². The molecule has 0 heterocycles. The zero-order chi connectivity index (χ0) is 15.6. The van der Waals surface area contributed by atoms with Crippen LogP contribution in [0.3, 0.4) is 0 Å². The largest absolute Gasteiger partial charge is 0.495 e. The predicted octanol–water partition coefficient (Wildman–Crippen LogP) is 2.38. The number of ether oxygens (including phenoxy) is 1. The molecule has 6 heteroatoms. The molecular weight excluding hydrogens is 272 g/mol. The Balaban J connectivity index is 2.11. The minimum absolute atomic E-state index is 0.0137. The highest BCUT2D eigenvalue weighted by Gasteiger charge is 2.48. The van der Waals surface area contributed by atoms with Gasteiger partial charge < -0.3 is 20.5 Å². The molecule has 0 aliphatic heterocycles. The van der Waals surface area contributed by atoms with Crippen molar-refractivity contribution in [3.05, 3.63) is 23.8 Å². The number of urea groups is 1. The molecule has 2 rings (SSSR count). The zero-order valence-electron chi connectivity index (χ0n) is 12.4. The van der Waals surface area contributed by atoms with Crippen LogP contribution in [-0.2, 0) is 4.79 Å². The van der Waals surface area contributed by atoms with Crippen molar-refractivity contribution < 1.29 is 19.4 Å². The molecule has 1 aromatic carbocycles. The van der Waals surface area contributed by atoms with E-state index in [-0.39, 0.29) is 5.92 Å². The molecule has 114 valence electrons. The SMILES string of the molecule is COc1ccc(C)cc1NC(=O)NC(C)(C(=O)O)C1CC1. The number of carbonyl (C=O) groups is 2. The van der Waals surface area contributed by atoms with Crippen LogP contribution in [-0.4, -0.2) is 29.8 Å². The van der Waals surface area contributed by atoms with E-state index in [2.05, 4.69) is 10.6 Å². The lowest BCUT2D eigenvalue weighted by Crippen LogP contribution is -2.55. The molecule has 0 bridgehead atoms. The van der Waals surface area contributed by atoms with Crippen LogP contribution in [0.1, 0.15) is 25.3 Å². The fourth-order valence-corrected chi connectivity index (χ4v) is 2.30. The van der Waals surface area contributed by atoms with E-state index in [0.29, 0.717) is 11.4 Å². The maximum Gasteiger partial charge on any atom is 0.329 e. The van der Waals surface area contributed by atoms with E-state index in [1.54, 1.807) is 19.1 Å². The molecular formula is C15H20N2O4. The molecule has 21 heavy (non-hydrogen) atoms. The third kappa shape index (κ3) is 3.26. The van der Waals surface area contributed by atoms with Gasteiger partial charge in [-0.3, -0.25) is 0 Å². The number of carbonyl (C=O) groups excluding carboxylic acids is 1. The van der Waals surface area contributed by atoms with Crippen LogP contribution in [0.2, 0.25) is 0 Å². The average Bonchev–Trinajstić information content (AvgIpc) is 3.23. The highest BCUT2D eigenvalue weighted by molar-refractivity contribution is 5.95. The second-order valence-corrected chi connectivity index (χ2v) is 5.56. The Morgan fingerprint density at radius 3 is 2.57 bits per heavy atom. The van der Waals surface area contributed by atoms with Crippen molar-refractivity contribution >= 4 is 17.7 Å². The second-order valence-electron chi connectivity index (χ2n) is 5.56. The normalized spacial score (nSPS) is 16.7. The molecule has 1 atom stereocenters. The highest BCUT2D eigenvalue weighted by atomic mass is 16.5. The Hall–Kier alpha value is -2.24. The van der Waals surface area contributed by atoms with Crippen molar-refractivity contribution in [3.8, 4) is 5.75 Å². The summed E-state index contributed by atoms with van der Waals surface area (Å²) >= 11 is 0. The van der Waals surface area contributed by atoms with Gasteiger partial charge in [0.25, 0.3) is 0 Å². The Morgan fingerprint density at radius 1 is 1.38 bits per heavy atom. The molecule has 0 spiro atoms. The summed E-state index contributed by atoms with van der Waals surface area (Å²) in [6, 6.07) is 4.85. The van der Waals surface area contributed by atoms with Crippen LogP contribution in [0.5, 0.6) is 5.75 Å². The number of hydrogen-bond acceptors (Lipinski definition) is 3. The van der Waals surface area contributed by atoms with E-state index in [4.69, 9.17) is 4.74 Å². The monoisotopic (exact) mass is 292 g/mol. The Labute approximate surface area is 123 Å². The summed E-state index contributed by atoms with van der Waals surface area (Å²) in [6.07, 6.45) is 1.63. The van der Waals surface area contributed by atoms with Gasteiger partial charge in [-0.1, -0.05) is 6.07 Å². The van der Waals surface area contributed by atoms with E-state index >= 15 is 0 Å². The van der Waals surface area contributed by atoms with Crippen molar-refractivity contribution in [2.45, 2.75) is 32.2 Å². The molecule has 3 N–H and O–H groups in total. The summed E-state index contributed by atoms with van der Waals surface area (Å²) in [6.45, 7) is 3.44. The number of anilines is 1. The molecule has 0 aromatic heterocycles. The van der Waals surface area contributed by atoms with E-state index in [0.717, 1.165) is 18.4 Å². The lowest BCUT2D eigenvalue weighted by Gasteiger charge is -2.26. The number of benzene rings is 1. The summed E-state index contributed by atoms with van der Waals surface area (Å²) in [5.74, 6) is -0.504. The van der Waals surface area contributed by atoms with Crippen molar-refractivity contribution in [1.29, 1.82) is 0 Å². The van der Waals surface area contributed by atoms with Gasteiger partial charge in [0.1, 0.15) is 11.3 Å². The van der Waals surface area contributed by atoms with Gasteiger partial charge in [0.05, 0.1) is 12.8 Å². The van der Waals surface area contributed by atoms with Gasteiger partial charge in [-0.05, 0) is 50.3 Å². The molecule has 1 fully saturated rings. The first-order valence-corrected chi connectivity index (χ1v) is 6.84. The molecule has 1 unspecified atom stereocenters. The quantitative estimate of drug-likeness (QED) is 0.777. The number of nitrogens with one attached hydrogen (secondary N) is 2. The van der Waals surface area contributed by atoms with E-state index in [9.17, 15) is 14.7 Å². The van der Waals surface area contributed by atoms with Crippen LogP contribution >= 0.6 is 0 Å². The molecule has 1 aromatic rings. The molecule has 1 aliphatic carbocycles. The van der Waals surface area contributed by atoms with Gasteiger partial charge in [0, 0.05) is 0 Å². The number of methoxy groups -OCH3 is 1. The van der Waals surface area contributed by atoms with Crippen molar-refractivity contribution in [3.63, 3.8) is 0 Å². The number of aliphatic carboxylic acids is 1. The van der Waals surface area contributed by atoms with Crippen LogP contribution in [0, 0.1) is 12.8 Å². The number of carboxylic acids is 1. The maximum absolute atomic E-state index is 12.1.